The average molecular weight is 371 g/mol. The number of rotatable bonds is 3. The Hall–Kier alpha value is -2.95. The molecule has 0 radical (unpaired) electrons. The summed E-state index contributed by atoms with van der Waals surface area (Å²) in [6, 6.07) is 29.7. The molecule has 2 saturated heterocycles. The molecule has 0 bridgehead atoms. The fourth-order valence-electron chi connectivity index (χ4n) is 4.24. The van der Waals surface area contributed by atoms with Crippen molar-refractivity contribution in [1.29, 1.82) is 0 Å². The van der Waals surface area contributed by atoms with Gasteiger partial charge in [-0.2, -0.15) is 0 Å². The predicted octanol–water partition coefficient (Wildman–Crippen LogP) is 4.43. The van der Waals surface area contributed by atoms with Crippen LogP contribution >= 0.6 is 0 Å². The second kappa shape index (κ2) is 7.23. The molecular formula is C24H21NO3. The molecule has 0 aromatic heterocycles. The number of carbonyl (C=O) groups is 1. The lowest BCUT2D eigenvalue weighted by atomic mass is 9.96. The Morgan fingerprint density at radius 2 is 1.25 bits per heavy atom. The molecule has 0 amide bonds. The quantitative estimate of drug-likeness (QED) is 0.639. The molecule has 3 aromatic carbocycles. The largest absolute Gasteiger partial charge is 0.462 e. The van der Waals surface area contributed by atoms with E-state index in [9.17, 15) is 4.79 Å². The molecule has 0 saturated carbocycles. The second-order valence-corrected chi connectivity index (χ2v) is 7.18. The van der Waals surface area contributed by atoms with E-state index in [0.29, 0.717) is 6.61 Å². The van der Waals surface area contributed by atoms with Crippen molar-refractivity contribution in [3.63, 3.8) is 0 Å². The van der Waals surface area contributed by atoms with Crippen molar-refractivity contribution in [3.05, 3.63) is 108 Å². The van der Waals surface area contributed by atoms with Gasteiger partial charge in [0.05, 0.1) is 6.04 Å². The van der Waals surface area contributed by atoms with Crippen LogP contribution in [0.5, 0.6) is 0 Å². The number of esters is 1. The third-order valence-electron chi connectivity index (χ3n) is 5.54. The molecule has 0 aliphatic carbocycles. The van der Waals surface area contributed by atoms with Crippen LogP contribution in [0.1, 0.15) is 35.1 Å². The van der Waals surface area contributed by atoms with Gasteiger partial charge < -0.3 is 9.47 Å². The van der Waals surface area contributed by atoms with E-state index in [0.717, 1.165) is 16.7 Å². The molecule has 2 heterocycles. The Morgan fingerprint density at radius 1 is 0.714 bits per heavy atom. The third kappa shape index (κ3) is 2.91. The van der Waals surface area contributed by atoms with Crippen LogP contribution in [0.25, 0.3) is 0 Å². The minimum Gasteiger partial charge on any atom is -0.462 e. The molecule has 4 nitrogen and oxygen atoms in total. The van der Waals surface area contributed by atoms with Gasteiger partial charge in [-0.3, -0.25) is 4.79 Å². The van der Waals surface area contributed by atoms with Crippen LogP contribution in [0.3, 0.4) is 0 Å². The van der Waals surface area contributed by atoms with Crippen molar-refractivity contribution >= 4 is 5.97 Å². The molecule has 5 rings (SSSR count). The summed E-state index contributed by atoms with van der Waals surface area (Å²) in [6.45, 7) is 0.327. The molecule has 2 aliphatic heterocycles. The van der Waals surface area contributed by atoms with Gasteiger partial charge in [0.2, 0.25) is 0 Å². The standard InChI is InChI=1S/C24H21NO3/c26-24-21-22(18-12-6-2-7-13-18)28-23(19-14-8-3-9-15-19)25(21)20(16-27-24)17-10-4-1-5-11-17/h1-15,20-23H,16H2/t20-,21?,22-,23+/m1/s1. The monoisotopic (exact) mass is 371 g/mol. The Morgan fingerprint density at radius 3 is 1.86 bits per heavy atom. The SMILES string of the molecule is O=C1OC[C@H](c2ccccc2)N2C1[C@@H](c1ccccc1)O[C@H]2c1ccccc1. The maximum atomic E-state index is 12.9. The van der Waals surface area contributed by atoms with E-state index in [4.69, 9.17) is 9.47 Å². The van der Waals surface area contributed by atoms with Crippen LogP contribution in [0.4, 0.5) is 0 Å². The second-order valence-electron chi connectivity index (χ2n) is 7.18. The maximum absolute atomic E-state index is 12.9. The Kier molecular flexibility index (Phi) is 4.43. The molecule has 2 aliphatic rings. The Balaban J connectivity index is 1.61. The molecule has 0 N–H and O–H groups in total. The smallest absolute Gasteiger partial charge is 0.326 e. The molecule has 2 fully saturated rings. The lowest BCUT2D eigenvalue weighted by molar-refractivity contribution is -0.163. The number of nitrogens with zero attached hydrogens (tertiary/aromatic N) is 1. The number of carbonyl (C=O) groups excluding carboxylic acids is 1. The fourth-order valence-corrected chi connectivity index (χ4v) is 4.24. The van der Waals surface area contributed by atoms with Gasteiger partial charge in [-0.15, -0.1) is 0 Å². The number of hydrogen-bond donors (Lipinski definition) is 0. The van der Waals surface area contributed by atoms with E-state index in [-0.39, 0.29) is 24.3 Å². The van der Waals surface area contributed by atoms with Gasteiger partial charge in [-0.05, 0) is 16.7 Å². The minimum absolute atomic E-state index is 0.0529. The normalized spacial score (nSPS) is 27.2. The molecule has 4 heteroatoms. The zero-order valence-corrected chi connectivity index (χ0v) is 15.3. The zero-order valence-electron chi connectivity index (χ0n) is 15.3. The summed E-state index contributed by atoms with van der Waals surface area (Å²) in [4.78, 5) is 15.1. The number of ether oxygens (including phenoxy) is 2. The van der Waals surface area contributed by atoms with Gasteiger partial charge in [0.25, 0.3) is 0 Å². The molecule has 1 unspecified atom stereocenters. The van der Waals surface area contributed by atoms with E-state index < -0.39 is 6.04 Å². The lowest BCUT2D eigenvalue weighted by Crippen LogP contribution is -2.49. The van der Waals surface area contributed by atoms with Crippen LogP contribution in [-0.4, -0.2) is 23.5 Å². The van der Waals surface area contributed by atoms with Gasteiger partial charge in [0, 0.05) is 0 Å². The predicted molar refractivity (Wildman–Crippen MR) is 105 cm³/mol. The van der Waals surface area contributed by atoms with Crippen molar-refractivity contribution in [3.8, 4) is 0 Å². The minimum atomic E-state index is -0.480. The van der Waals surface area contributed by atoms with Gasteiger partial charge >= 0.3 is 5.97 Å². The van der Waals surface area contributed by atoms with Crippen molar-refractivity contribution in [2.24, 2.45) is 0 Å². The first kappa shape index (κ1) is 17.2. The zero-order chi connectivity index (χ0) is 18.9. The van der Waals surface area contributed by atoms with Gasteiger partial charge in [0.15, 0.2) is 0 Å². The van der Waals surface area contributed by atoms with E-state index >= 15 is 0 Å². The van der Waals surface area contributed by atoms with Crippen LogP contribution in [0.15, 0.2) is 91.0 Å². The number of morpholine rings is 1. The van der Waals surface area contributed by atoms with E-state index in [1.165, 1.54) is 0 Å². The van der Waals surface area contributed by atoms with E-state index in [1.807, 2.05) is 66.7 Å². The highest BCUT2D eigenvalue weighted by atomic mass is 16.6. The van der Waals surface area contributed by atoms with Gasteiger partial charge in [-0.1, -0.05) is 91.0 Å². The van der Waals surface area contributed by atoms with Gasteiger partial charge in [-0.25, -0.2) is 4.90 Å². The summed E-state index contributed by atoms with van der Waals surface area (Å²) < 4.78 is 12.2. The molecule has 28 heavy (non-hydrogen) atoms. The Labute approximate surface area is 164 Å². The summed E-state index contributed by atoms with van der Waals surface area (Å²) in [5.41, 5.74) is 3.15. The molecule has 140 valence electrons. The first-order chi connectivity index (χ1) is 13.8. The number of cyclic esters (lactones) is 1. The molecule has 4 atom stereocenters. The third-order valence-corrected chi connectivity index (χ3v) is 5.54. The van der Waals surface area contributed by atoms with Crippen molar-refractivity contribution < 1.29 is 14.3 Å². The number of benzene rings is 3. The topological polar surface area (TPSA) is 38.8 Å². The van der Waals surface area contributed by atoms with Gasteiger partial charge in [0.1, 0.15) is 25.0 Å². The first-order valence-electron chi connectivity index (χ1n) is 9.57. The highest BCUT2D eigenvalue weighted by molar-refractivity contribution is 5.78. The molecule has 3 aromatic rings. The van der Waals surface area contributed by atoms with Crippen LogP contribution < -0.4 is 0 Å². The highest BCUT2D eigenvalue weighted by Gasteiger charge is 2.54. The first-order valence-corrected chi connectivity index (χ1v) is 9.57. The van der Waals surface area contributed by atoms with Crippen LogP contribution in [0, 0.1) is 0 Å². The Bertz CT molecular complexity index is 945. The van der Waals surface area contributed by atoms with Crippen molar-refractivity contribution in [2.75, 3.05) is 6.61 Å². The molecular weight excluding hydrogens is 350 g/mol. The summed E-state index contributed by atoms with van der Waals surface area (Å²) in [5.74, 6) is -0.223. The van der Waals surface area contributed by atoms with Crippen LogP contribution in [0.2, 0.25) is 0 Å². The summed E-state index contributed by atoms with van der Waals surface area (Å²) in [6.07, 6.45) is -0.681. The summed E-state index contributed by atoms with van der Waals surface area (Å²) >= 11 is 0. The summed E-state index contributed by atoms with van der Waals surface area (Å²) in [5, 5.41) is 0. The van der Waals surface area contributed by atoms with E-state index in [2.05, 4.69) is 29.2 Å². The molecule has 0 spiro atoms. The van der Waals surface area contributed by atoms with Crippen molar-refractivity contribution in [1.82, 2.24) is 4.90 Å². The maximum Gasteiger partial charge on any atom is 0.326 e. The number of fused-ring (bicyclic) bond motifs is 1. The van der Waals surface area contributed by atoms with Crippen molar-refractivity contribution in [2.45, 2.75) is 24.4 Å². The fraction of sp³-hybridized carbons (Fsp3) is 0.208. The van der Waals surface area contributed by atoms with E-state index in [1.54, 1.807) is 0 Å². The lowest BCUT2D eigenvalue weighted by Gasteiger charge is -2.39. The van der Waals surface area contributed by atoms with Crippen LogP contribution in [-0.2, 0) is 14.3 Å². The summed E-state index contributed by atoms with van der Waals surface area (Å²) in [7, 11) is 0. The average Bonchev–Trinajstić information content (AvgIpc) is 3.17. The highest BCUT2D eigenvalue weighted by Crippen LogP contribution is 2.49. The number of hydrogen-bond acceptors (Lipinski definition) is 4.